The first-order valence-electron chi connectivity index (χ1n) is 10.2. The fourth-order valence-electron chi connectivity index (χ4n) is 2.86. The molecular formula is C22H38N4O5. The summed E-state index contributed by atoms with van der Waals surface area (Å²) in [5.74, 6) is 2.60. The molecule has 0 aliphatic rings. The van der Waals surface area contributed by atoms with Gasteiger partial charge in [-0.1, -0.05) is 6.92 Å². The highest BCUT2D eigenvalue weighted by atomic mass is 16.6. The van der Waals surface area contributed by atoms with Gasteiger partial charge in [0, 0.05) is 33.7 Å². The van der Waals surface area contributed by atoms with E-state index in [2.05, 4.69) is 22.5 Å². The topological polar surface area (TPSA) is 93.7 Å². The number of nitrogens with zero attached hydrogens (tertiary/aromatic N) is 2. The second-order valence-corrected chi connectivity index (χ2v) is 8.31. The van der Waals surface area contributed by atoms with E-state index < -0.39 is 5.60 Å². The minimum absolute atomic E-state index is 0.192. The Balaban J connectivity index is 2.61. The van der Waals surface area contributed by atoms with E-state index in [-0.39, 0.29) is 12.0 Å². The normalized spacial score (nSPS) is 12.6. The Hall–Kier alpha value is -2.84. The molecule has 0 radical (unpaired) electrons. The van der Waals surface area contributed by atoms with Crippen molar-refractivity contribution >= 4 is 12.1 Å². The van der Waals surface area contributed by atoms with Crippen LogP contribution in [0.4, 0.5) is 4.79 Å². The highest BCUT2D eigenvalue weighted by Gasteiger charge is 2.21. The van der Waals surface area contributed by atoms with Crippen LogP contribution >= 0.6 is 0 Å². The van der Waals surface area contributed by atoms with Crippen LogP contribution in [0.5, 0.6) is 17.2 Å². The lowest BCUT2D eigenvalue weighted by Gasteiger charge is -2.26. The number of amides is 1. The van der Waals surface area contributed by atoms with Crippen LogP contribution in [0.25, 0.3) is 0 Å². The fourth-order valence-corrected chi connectivity index (χ4v) is 2.86. The van der Waals surface area contributed by atoms with Crippen molar-refractivity contribution in [2.75, 3.05) is 48.5 Å². The van der Waals surface area contributed by atoms with Gasteiger partial charge >= 0.3 is 6.09 Å². The molecule has 1 aromatic rings. The Kier molecular flexibility index (Phi) is 10.2. The monoisotopic (exact) mass is 438 g/mol. The maximum atomic E-state index is 12.1. The molecule has 0 spiro atoms. The lowest BCUT2D eigenvalue weighted by molar-refractivity contribution is 0.0278. The molecule has 1 aromatic carbocycles. The molecular weight excluding hydrogens is 400 g/mol. The van der Waals surface area contributed by atoms with Crippen LogP contribution in [0.1, 0.15) is 33.3 Å². The van der Waals surface area contributed by atoms with Gasteiger partial charge in [0.05, 0.1) is 21.3 Å². The standard InChI is InChI=1S/C22H38N4O5/c1-15(14-26(6)21(27)31-22(2,3)4)12-24-20(23-5)25-13-16-10-17(28-7)19(30-9)18(11-16)29-8/h10-11,15H,12-14H2,1-9H3,(H2,23,24,25). The van der Waals surface area contributed by atoms with E-state index in [1.807, 2.05) is 32.9 Å². The second kappa shape index (κ2) is 12.1. The number of rotatable bonds is 9. The Labute approximate surface area is 186 Å². The summed E-state index contributed by atoms with van der Waals surface area (Å²) in [6, 6.07) is 3.78. The quantitative estimate of drug-likeness (QED) is 0.452. The number of nitrogens with one attached hydrogen (secondary N) is 2. The van der Waals surface area contributed by atoms with E-state index in [0.717, 1.165) is 5.56 Å². The van der Waals surface area contributed by atoms with Gasteiger partial charge in [-0.05, 0) is 44.4 Å². The third-order valence-corrected chi connectivity index (χ3v) is 4.32. The molecule has 9 nitrogen and oxygen atoms in total. The number of benzene rings is 1. The third-order valence-electron chi connectivity index (χ3n) is 4.32. The second-order valence-electron chi connectivity index (χ2n) is 8.31. The molecule has 0 saturated heterocycles. The van der Waals surface area contributed by atoms with E-state index >= 15 is 0 Å². The smallest absolute Gasteiger partial charge is 0.410 e. The zero-order valence-corrected chi connectivity index (χ0v) is 20.3. The molecule has 1 unspecified atom stereocenters. The maximum Gasteiger partial charge on any atom is 0.410 e. The predicted octanol–water partition coefficient (Wildman–Crippen LogP) is 2.88. The predicted molar refractivity (Wildman–Crippen MR) is 122 cm³/mol. The van der Waals surface area contributed by atoms with Gasteiger partial charge in [-0.15, -0.1) is 0 Å². The molecule has 0 aliphatic carbocycles. The molecule has 0 bridgehead atoms. The molecule has 0 saturated carbocycles. The molecule has 2 N–H and O–H groups in total. The van der Waals surface area contributed by atoms with Crippen LogP contribution < -0.4 is 24.8 Å². The largest absolute Gasteiger partial charge is 0.493 e. The highest BCUT2D eigenvalue weighted by molar-refractivity contribution is 5.79. The summed E-state index contributed by atoms with van der Waals surface area (Å²) < 4.78 is 21.5. The van der Waals surface area contributed by atoms with Crippen molar-refractivity contribution in [3.8, 4) is 17.2 Å². The zero-order chi connectivity index (χ0) is 23.6. The number of carbonyl (C=O) groups is 1. The van der Waals surface area contributed by atoms with Gasteiger partial charge in [0.25, 0.3) is 0 Å². The maximum absolute atomic E-state index is 12.1. The number of methoxy groups -OCH3 is 3. The van der Waals surface area contributed by atoms with Gasteiger partial charge in [0.2, 0.25) is 5.75 Å². The van der Waals surface area contributed by atoms with E-state index in [9.17, 15) is 4.79 Å². The van der Waals surface area contributed by atoms with E-state index in [4.69, 9.17) is 18.9 Å². The van der Waals surface area contributed by atoms with Crippen molar-refractivity contribution in [3.63, 3.8) is 0 Å². The van der Waals surface area contributed by atoms with E-state index in [0.29, 0.717) is 42.8 Å². The minimum atomic E-state index is -0.508. The Morgan fingerprint density at radius 3 is 2.13 bits per heavy atom. The van der Waals surface area contributed by atoms with E-state index in [1.54, 1.807) is 40.3 Å². The Morgan fingerprint density at radius 2 is 1.68 bits per heavy atom. The van der Waals surface area contributed by atoms with Crippen LogP contribution in [0.15, 0.2) is 17.1 Å². The van der Waals surface area contributed by atoms with Crippen LogP contribution in [0.3, 0.4) is 0 Å². The molecule has 0 aromatic heterocycles. The highest BCUT2D eigenvalue weighted by Crippen LogP contribution is 2.38. The average molecular weight is 439 g/mol. The third kappa shape index (κ3) is 8.82. The number of aliphatic imine (C=N–C) groups is 1. The van der Waals surface area contributed by atoms with Gasteiger partial charge in [-0.25, -0.2) is 4.79 Å². The van der Waals surface area contributed by atoms with Crippen molar-refractivity contribution in [2.24, 2.45) is 10.9 Å². The zero-order valence-electron chi connectivity index (χ0n) is 20.3. The van der Waals surface area contributed by atoms with Gasteiger partial charge < -0.3 is 34.5 Å². The molecule has 0 heterocycles. The first-order chi connectivity index (χ1) is 14.5. The number of guanidine groups is 1. The summed E-state index contributed by atoms with van der Waals surface area (Å²) in [5.41, 5.74) is 0.446. The van der Waals surface area contributed by atoms with Gasteiger partial charge in [0.15, 0.2) is 17.5 Å². The van der Waals surface area contributed by atoms with Crippen molar-refractivity contribution in [1.29, 1.82) is 0 Å². The average Bonchev–Trinajstić information content (AvgIpc) is 2.71. The Bertz CT molecular complexity index is 721. The molecule has 1 amide bonds. The lowest BCUT2D eigenvalue weighted by Crippen LogP contribution is -2.42. The molecule has 9 heteroatoms. The van der Waals surface area contributed by atoms with Gasteiger partial charge in [-0.3, -0.25) is 4.99 Å². The first-order valence-corrected chi connectivity index (χ1v) is 10.2. The lowest BCUT2D eigenvalue weighted by atomic mass is 10.1. The fraction of sp³-hybridized carbons (Fsp3) is 0.636. The van der Waals surface area contributed by atoms with Crippen LogP contribution in [-0.4, -0.2) is 71.1 Å². The first kappa shape index (κ1) is 26.2. The van der Waals surface area contributed by atoms with Crippen molar-refractivity contribution in [1.82, 2.24) is 15.5 Å². The van der Waals surface area contributed by atoms with Crippen LogP contribution in [0, 0.1) is 5.92 Å². The van der Waals surface area contributed by atoms with Gasteiger partial charge in [-0.2, -0.15) is 0 Å². The summed E-state index contributed by atoms with van der Waals surface area (Å²) in [5, 5.41) is 6.55. The van der Waals surface area contributed by atoms with Crippen molar-refractivity contribution < 1.29 is 23.7 Å². The van der Waals surface area contributed by atoms with Crippen LogP contribution in [0.2, 0.25) is 0 Å². The molecule has 176 valence electrons. The van der Waals surface area contributed by atoms with Crippen molar-refractivity contribution in [2.45, 2.75) is 39.8 Å². The number of ether oxygens (including phenoxy) is 4. The Morgan fingerprint density at radius 1 is 1.10 bits per heavy atom. The number of carbonyl (C=O) groups excluding carboxylic acids is 1. The minimum Gasteiger partial charge on any atom is -0.493 e. The summed E-state index contributed by atoms with van der Waals surface area (Å²) in [4.78, 5) is 18.0. The van der Waals surface area contributed by atoms with Crippen molar-refractivity contribution in [3.05, 3.63) is 17.7 Å². The number of hydrogen-bond acceptors (Lipinski definition) is 6. The number of hydrogen-bond donors (Lipinski definition) is 2. The SMILES string of the molecule is CN=C(NCc1cc(OC)c(OC)c(OC)c1)NCC(C)CN(C)C(=O)OC(C)(C)C. The molecule has 1 rings (SSSR count). The summed E-state index contributed by atoms with van der Waals surface area (Å²) >= 11 is 0. The summed E-state index contributed by atoms with van der Waals surface area (Å²) in [6.07, 6.45) is -0.329. The van der Waals surface area contributed by atoms with Gasteiger partial charge in [0.1, 0.15) is 5.60 Å². The molecule has 0 aliphatic heterocycles. The molecule has 0 fully saturated rings. The molecule has 1 atom stereocenters. The summed E-state index contributed by atoms with van der Waals surface area (Å²) in [7, 11) is 8.20. The molecule has 31 heavy (non-hydrogen) atoms. The van der Waals surface area contributed by atoms with Crippen LogP contribution in [-0.2, 0) is 11.3 Å². The summed E-state index contributed by atoms with van der Waals surface area (Å²) in [6.45, 7) is 9.34. The van der Waals surface area contributed by atoms with E-state index in [1.165, 1.54) is 0 Å².